The first-order valence-corrected chi connectivity index (χ1v) is 6.35. The molecule has 1 nitrogen and oxygen atoms in total. The van der Waals surface area contributed by atoms with E-state index >= 15 is 0 Å². The van der Waals surface area contributed by atoms with Crippen LogP contribution in [-0.2, 0) is 4.79 Å². The zero-order chi connectivity index (χ0) is 11.7. The summed E-state index contributed by atoms with van der Waals surface area (Å²) >= 11 is 0. The Morgan fingerprint density at radius 2 is 1.80 bits per heavy atom. The van der Waals surface area contributed by atoms with Crippen molar-refractivity contribution in [3.63, 3.8) is 0 Å². The third-order valence-corrected chi connectivity index (χ3v) is 3.20. The smallest absolute Gasteiger partial charge is 0.155 e. The van der Waals surface area contributed by atoms with Crippen LogP contribution in [0.2, 0.25) is 0 Å². The van der Waals surface area contributed by atoms with Crippen molar-refractivity contribution in [2.75, 3.05) is 0 Å². The zero-order valence-electron chi connectivity index (χ0n) is 10.8. The molecule has 0 aromatic heterocycles. The molecule has 0 aromatic carbocycles. The fourth-order valence-corrected chi connectivity index (χ4v) is 1.92. The highest BCUT2D eigenvalue weighted by Gasteiger charge is 2.03. The first-order chi connectivity index (χ1) is 7.15. The number of carbonyl (C=O) groups excluding carboxylic acids is 1. The second-order valence-electron chi connectivity index (χ2n) is 4.25. The van der Waals surface area contributed by atoms with Crippen molar-refractivity contribution in [1.29, 1.82) is 0 Å². The van der Waals surface area contributed by atoms with E-state index in [2.05, 4.69) is 19.9 Å². The molecular weight excluding hydrogens is 184 g/mol. The lowest BCUT2D eigenvalue weighted by Crippen LogP contribution is -1.97. The number of hydrogen-bond acceptors (Lipinski definition) is 1. The van der Waals surface area contributed by atoms with E-state index in [9.17, 15) is 4.79 Å². The quantitative estimate of drug-likeness (QED) is 0.425. The van der Waals surface area contributed by atoms with Crippen LogP contribution in [-0.4, -0.2) is 5.78 Å². The third kappa shape index (κ3) is 6.48. The minimum Gasteiger partial charge on any atom is -0.295 e. The fourth-order valence-electron chi connectivity index (χ4n) is 1.92. The minimum atomic E-state index is 0.236. The molecule has 0 spiro atoms. The van der Waals surface area contributed by atoms with Crippen LogP contribution in [0.25, 0.3) is 0 Å². The predicted octanol–water partition coefficient (Wildman–Crippen LogP) is 4.52. The van der Waals surface area contributed by atoms with Gasteiger partial charge in [-0.2, -0.15) is 0 Å². The SMILES string of the molecule is CC/C(=C\CCCC(CC)CC)C(C)=O. The average Bonchev–Trinajstić information content (AvgIpc) is 2.23. The fraction of sp³-hybridized carbons (Fsp3) is 0.786. The van der Waals surface area contributed by atoms with Gasteiger partial charge in [-0.05, 0) is 37.7 Å². The second-order valence-corrected chi connectivity index (χ2v) is 4.25. The Morgan fingerprint density at radius 1 is 1.20 bits per heavy atom. The zero-order valence-corrected chi connectivity index (χ0v) is 10.8. The number of ketones is 1. The summed E-state index contributed by atoms with van der Waals surface area (Å²) in [7, 11) is 0. The highest BCUT2D eigenvalue weighted by Crippen LogP contribution is 2.16. The van der Waals surface area contributed by atoms with Crippen LogP contribution in [0.1, 0.15) is 66.2 Å². The summed E-state index contributed by atoms with van der Waals surface area (Å²) in [6, 6.07) is 0. The maximum atomic E-state index is 11.1. The van der Waals surface area contributed by atoms with E-state index in [4.69, 9.17) is 0 Å². The monoisotopic (exact) mass is 210 g/mol. The van der Waals surface area contributed by atoms with Crippen molar-refractivity contribution in [2.24, 2.45) is 5.92 Å². The Labute approximate surface area is 95.0 Å². The van der Waals surface area contributed by atoms with E-state index in [1.165, 1.54) is 25.7 Å². The lowest BCUT2D eigenvalue weighted by atomic mass is 9.96. The molecule has 0 saturated heterocycles. The summed E-state index contributed by atoms with van der Waals surface area (Å²) in [5, 5.41) is 0. The van der Waals surface area contributed by atoms with E-state index in [-0.39, 0.29) is 5.78 Å². The molecule has 0 aliphatic heterocycles. The van der Waals surface area contributed by atoms with Gasteiger partial charge in [0, 0.05) is 0 Å². The lowest BCUT2D eigenvalue weighted by Gasteiger charge is -2.10. The van der Waals surface area contributed by atoms with Gasteiger partial charge in [0.1, 0.15) is 0 Å². The normalized spacial score (nSPS) is 12.2. The molecule has 0 atom stereocenters. The summed E-state index contributed by atoms with van der Waals surface area (Å²) in [4.78, 5) is 11.1. The van der Waals surface area contributed by atoms with Crippen LogP contribution in [0.3, 0.4) is 0 Å². The summed E-state index contributed by atoms with van der Waals surface area (Å²) in [5.41, 5.74) is 1.000. The summed E-state index contributed by atoms with van der Waals surface area (Å²) in [6.45, 7) is 8.23. The van der Waals surface area contributed by atoms with Gasteiger partial charge in [0.25, 0.3) is 0 Å². The Morgan fingerprint density at radius 3 is 2.20 bits per heavy atom. The number of Topliss-reactive ketones (excluding diaryl/α,β-unsaturated/α-hetero) is 1. The largest absolute Gasteiger partial charge is 0.295 e. The molecule has 0 aromatic rings. The molecule has 0 radical (unpaired) electrons. The van der Waals surface area contributed by atoms with Crippen molar-refractivity contribution in [2.45, 2.75) is 66.2 Å². The van der Waals surface area contributed by atoms with E-state index in [1.54, 1.807) is 6.92 Å². The molecule has 0 heterocycles. The Kier molecular flexibility index (Phi) is 8.35. The number of unbranched alkanes of at least 4 members (excludes halogenated alkanes) is 1. The van der Waals surface area contributed by atoms with Gasteiger partial charge in [0.15, 0.2) is 5.78 Å². The number of hydrogen-bond donors (Lipinski definition) is 0. The highest BCUT2D eigenvalue weighted by molar-refractivity contribution is 5.93. The minimum absolute atomic E-state index is 0.236. The molecule has 0 N–H and O–H groups in total. The molecule has 0 fully saturated rings. The van der Waals surface area contributed by atoms with Gasteiger partial charge in [-0.25, -0.2) is 0 Å². The first-order valence-electron chi connectivity index (χ1n) is 6.35. The predicted molar refractivity (Wildman–Crippen MR) is 67.0 cm³/mol. The third-order valence-electron chi connectivity index (χ3n) is 3.20. The Bertz CT molecular complexity index is 199. The molecule has 0 bridgehead atoms. The summed E-state index contributed by atoms with van der Waals surface area (Å²) in [6.07, 6.45) is 9.17. The molecule has 0 aliphatic carbocycles. The Balaban J connectivity index is 3.81. The average molecular weight is 210 g/mol. The molecule has 88 valence electrons. The molecule has 0 saturated carbocycles. The Hall–Kier alpha value is -0.590. The van der Waals surface area contributed by atoms with Gasteiger partial charge in [0.05, 0.1) is 0 Å². The number of allylic oxidation sites excluding steroid dienone is 2. The van der Waals surface area contributed by atoms with E-state index < -0.39 is 0 Å². The van der Waals surface area contributed by atoms with Crippen LogP contribution >= 0.6 is 0 Å². The van der Waals surface area contributed by atoms with Gasteiger partial charge < -0.3 is 0 Å². The highest BCUT2D eigenvalue weighted by atomic mass is 16.1. The maximum Gasteiger partial charge on any atom is 0.155 e. The van der Waals surface area contributed by atoms with E-state index in [1.807, 2.05) is 6.92 Å². The molecule has 1 heteroatoms. The van der Waals surface area contributed by atoms with Gasteiger partial charge in [-0.1, -0.05) is 46.1 Å². The van der Waals surface area contributed by atoms with Crippen LogP contribution in [0.5, 0.6) is 0 Å². The van der Waals surface area contributed by atoms with Crippen molar-refractivity contribution < 1.29 is 4.79 Å². The van der Waals surface area contributed by atoms with Crippen LogP contribution in [0.4, 0.5) is 0 Å². The van der Waals surface area contributed by atoms with Crippen LogP contribution in [0.15, 0.2) is 11.6 Å². The first kappa shape index (κ1) is 14.4. The summed E-state index contributed by atoms with van der Waals surface area (Å²) < 4.78 is 0. The van der Waals surface area contributed by atoms with Crippen molar-refractivity contribution >= 4 is 5.78 Å². The molecule has 15 heavy (non-hydrogen) atoms. The standard InChI is InChI=1S/C14H26O/c1-5-13(6-2)10-8-9-11-14(7-3)12(4)15/h11,13H,5-10H2,1-4H3/b14-11+. The van der Waals surface area contributed by atoms with Crippen LogP contribution in [0, 0.1) is 5.92 Å². The van der Waals surface area contributed by atoms with E-state index in [0.717, 1.165) is 24.3 Å². The molecule has 0 rings (SSSR count). The molecule has 0 amide bonds. The van der Waals surface area contributed by atoms with Gasteiger partial charge in [0.2, 0.25) is 0 Å². The van der Waals surface area contributed by atoms with Crippen LogP contribution < -0.4 is 0 Å². The number of carbonyl (C=O) groups is 1. The molecular formula is C14H26O. The van der Waals surface area contributed by atoms with Gasteiger partial charge in [-0.3, -0.25) is 4.79 Å². The van der Waals surface area contributed by atoms with Crippen molar-refractivity contribution in [1.82, 2.24) is 0 Å². The molecule has 0 unspecified atom stereocenters. The topological polar surface area (TPSA) is 17.1 Å². The number of rotatable bonds is 8. The summed E-state index contributed by atoms with van der Waals surface area (Å²) in [5.74, 6) is 1.11. The second kappa shape index (κ2) is 8.70. The van der Waals surface area contributed by atoms with E-state index in [0.29, 0.717) is 0 Å². The van der Waals surface area contributed by atoms with Crippen molar-refractivity contribution in [3.05, 3.63) is 11.6 Å². The van der Waals surface area contributed by atoms with Crippen molar-refractivity contribution in [3.8, 4) is 0 Å². The molecule has 0 aliphatic rings. The lowest BCUT2D eigenvalue weighted by molar-refractivity contribution is -0.113. The maximum absolute atomic E-state index is 11.1. The van der Waals surface area contributed by atoms with Gasteiger partial charge >= 0.3 is 0 Å². The van der Waals surface area contributed by atoms with Gasteiger partial charge in [-0.15, -0.1) is 0 Å².